The van der Waals surface area contributed by atoms with Gasteiger partial charge in [0.05, 0.1) is 18.8 Å². The van der Waals surface area contributed by atoms with Crippen molar-refractivity contribution in [1.29, 1.82) is 0 Å². The van der Waals surface area contributed by atoms with Gasteiger partial charge in [-0.2, -0.15) is 0 Å². The number of hydrogen-bond acceptors (Lipinski definition) is 3. The number of hydrogen-bond donors (Lipinski definition) is 1. The fraction of sp³-hybridized carbons (Fsp3) is 0.286. The normalized spacial score (nSPS) is 11.5. The van der Waals surface area contributed by atoms with E-state index in [2.05, 4.69) is 0 Å². The topological polar surface area (TPSA) is 55.8 Å². The van der Waals surface area contributed by atoms with Crippen molar-refractivity contribution in [2.75, 3.05) is 7.11 Å². The highest BCUT2D eigenvalue weighted by molar-refractivity contribution is 6.21. The van der Waals surface area contributed by atoms with Crippen molar-refractivity contribution < 1.29 is 19.4 Å². The molecule has 4 nitrogen and oxygen atoms in total. The Kier molecular flexibility index (Phi) is 5.86. The monoisotopic (exact) mass is 340 g/mol. The SMILES string of the molecule is COc1ccc(/C=C(\C(=O)O)c2cc(C)ccc2C)cc1OC(C)C. The lowest BCUT2D eigenvalue weighted by Crippen LogP contribution is -2.07. The van der Waals surface area contributed by atoms with Crippen molar-refractivity contribution in [3.05, 3.63) is 58.7 Å². The number of carbonyl (C=O) groups is 1. The molecule has 0 heterocycles. The first kappa shape index (κ1) is 18.6. The molecule has 0 aromatic heterocycles. The van der Waals surface area contributed by atoms with Crippen LogP contribution in [0.5, 0.6) is 11.5 Å². The first-order chi connectivity index (χ1) is 11.8. The number of aliphatic carboxylic acids is 1. The number of benzene rings is 2. The van der Waals surface area contributed by atoms with Gasteiger partial charge in [0.2, 0.25) is 0 Å². The summed E-state index contributed by atoms with van der Waals surface area (Å²) < 4.78 is 11.1. The van der Waals surface area contributed by atoms with E-state index in [1.807, 2.05) is 52.0 Å². The van der Waals surface area contributed by atoms with Crippen molar-refractivity contribution in [3.8, 4) is 11.5 Å². The molecule has 2 rings (SSSR count). The van der Waals surface area contributed by atoms with Crippen LogP contribution in [0.25, 0.3) is 11.6 Å². The summed E-state index contributed by atoms with van der Waals surface area (Å²) >= 11 is 0. The predicted octanol–water partition coefficient (Wildman–Crippen LogP) is 4.72. The minimum Gasteiger partial charge on any atom is -0.493 e. The van der Waals surface area contributed by atoms with Crippen LogP contribution in [0.2, 0.25) is 0 Å². The number of ether oxygens (including phenoxy) is 2. The minimum atomic E-state index is -0.962. The van der Waals surface area contributed by atoms with Crippen LogP contribution in [-0.4, -0.2) is 24.3 Å². The Morgan fingerprint density at radius 2 is 1.80 bits per heavy atom. The summed E-state index contributed by atoms with van der Waals surface area (Å²) in [6.07, 6.45) is 1.66. The summed E-state index contributed by atoms with van der Waals surface area (Å²) in [5.41, 5.74) is 3.66. The smallest absolute Gasteiger partial charge is 0.336 e. The third-order valence-corrected chi connectivity index (χ3v) is 3.78. The molecule has 0 aliphatic heterocycles. The molecule has 0 unspecified atom stereocenters. The predicted molar refractivity (Wildman–Crippen MR) is 100 cm³/mol. The van der Waals surface area contributed by atoms with E-state index in [0.717, 1.165) is 22.3 Å². The summed E-state index contributed by atoms with van der Waals surface area (Å²) in [6.45, 7) is 7.72. The molecule has 1 N–H and O–H groups in total. The highest BCUT2D eigenvalue weighted by Gasteiger charge is 2.14. The summed E-state index contributed by atoms with van der Waals surface area (Å²) in [5, 5.41) is 9.69. The molecule has 4 heteroatoms. The van der Waals surface area contributed by atoms with Gasteiger partial charge in [-0.3, -0.25) is 0 Å². The lowest BCUT2D eigenvalue weighted by molar-refractivity contribution is -0.130. The fourth-order valence-electron chi connectivity index (χ4n) is 2.58. The molecule has 0 bridgehead atoms. The van der Waals surface area contributed by atoms with Crippen LogP contribution in [0, 0.1) is 13.8 Å². The van der Waals surface area contributed by atoms with Crippen LogP contribution in [0.15, 0.2) is 36.4 Å². The van der Waals surface area contributed by atoms with Crippen LogP contribution >= 0.6 is 0 Å². The molecular weight excluding hydrogens is 316 g/mol. The summed E-state index contributed by atoms with van der Waals surface area (Å²) in [6, 6.07) is 11.2. The van der Waals surface area contributed by atoms with E-state index in [9.17, 15) is 9.90 Å². The van der Waals surface area contributed by atoms with Gasteiger partial charge >= 0.3 is 5.97 Å². The molecule has 0 aliphatic carbocycles. The van der Waals surface area contributed by atoms with Gasteiger partial charge in [-0.25, -0.2) is 4.79 Å². The van der Waals surface area contributed by atoms with Gasteiger partial charge < -0.3 is 14.6 Å². The molecule has 2 aromatic rings. The Balaban J connectivity index is 2.54. The van der Waals surface area contributed by atoms with E-state index in [0.29, 0.717) is 11.5 Å². The van der Waals surface area contributed by atoms with Crippen LogP contribution in [0.3, 0.4) is 0 Å². The molecule has 0 atom stereocenters. The van der Waals surface area contributed by atoms with Crippen LogP contribution in [0.4, 0.5) is 0 Å². The number of methoxy groups -OCH3 is 1. The second kappa shape index (κ2) is 7.88. The van der Waals surface area contributed by atoms with Crippen molar-refractivity contribution in [3.63, 3.8) is 0 Å². The zero-order valence-corrected chi connectivity index (χ0v) is 15.3. The second-order valence-electron chi connectivity index (χ2n) is 6.26. The molecule has 0 radical (unpaired) electrons. The molecule has 0 spiro atoms. The first-order valence-electron chi connectivity index (χ1n) is 8.19. The van der Waals surface area contributed by atoms with Gasteiger partial charge in [0.1, 0.15) is 0 Å². The maximum absolute atomic E-state index is 11.8. The lowest BCUT2D eigenvalue weighted by Gasteiger charge is -2.14. The lowest BCUT2D eigenvalue weighted by atomic mass is 9.96. The van der Waals surface area contributed by atoms with Gasteiger partial charge in [-0.1, -0.05) is 29.8 Å². The second-order valence-corrected chi connectivity index (χ2v) is 6.26. The van der Waals surface area contributed by atoms with E-state index in [4.69, 9.17) is 9.47 Å². The standard InChI is InChI=1S/C21H24O4/c1-13(2)25-20-12-16(8-9-19(20)24-5)11-18(21(22)23)17-10-14(3)6-7-15(17)4/h6-13H,1-5H3,(H,22,23)/b18-11-. The van der Waals surface area contributed by atoms with Gasteiger partial charge in [-0.15, -0.1) is 0 Å². The summed E-state index contributed by atoms with van der Waals surface area (Å²) in [7, 11) is 1.58. The molecule has 0 amide bonds. The molecule has 0 saturated heterocycles. The van der Waals surface area contributed by atoms with Crippen LogP contribution in [-0.2, 0) is 4.79 Å². The van der Waals surface area contributed by atoms with Gasteiger partial charge in [0.15, 0.2) is 11.5 Å². The highest BCUT2D eigenvalue weighted by Crippen LogP contribution is 2.31. The van der Waals surface area contributed by atoms with E-state index < -0.39 is 5.97 Å². The molecular formula is C21H24O4. The maximum Gasteiger partial charge on any atom is 0.336 e. The highest BCUT2D eigenvalue weighted by atomic mass is 16.5. The van der Waals surface area contributed by atoms with Crippen molar-refractivity contribution in [1.82, 2.24) is 0 Å². The van der Waals surface area contributed by atoms with E-state index in [1.54, 1.807) is 25.3 Å². The Bertz CT molecular complexity index is 804. The minimum absolute atomic E-state index is 0.00825. The summed E-state index contributed by atoms with van der Waals surface area (Å²) in [5.74, 6) is 0.252. The van der Waals surface area contributed by atoms with Crippen LogP contribution in [0.1, 0.15) is 36.1 Å². The number of rotatable bonds is 6. The molecule has 25 heavy (non-hydrogen) atoms. The van der Waals surface area contributed by atoms with Crippen molar-refractivity contribution in [2.24, 2.45) is 0 Å². The van der Waals surface area contributed by atoms with Gasteiger partial charge in [0, 0.05) is 0 Å². The largest absolute Gasteiger partial charge is 0.493 e. The number of carboxylic acid groups (broad SMARTS) is 1. The average molecular weight is 340 g/mol. The zero-order chi connectivity index (χ0) is 18.6. The van der Waals surface area contributed by atoms with Gasteiger partial charge in [-0.05, 0) is 62.6 Å². The Hall–Kier alpha value is -2.75. The molecule has 2 aromatic carbocycles. The van der Waals surface area contributed by atoms with Crippen molar-refractivity contribution in [2.45, 2.75) is 33.8 Å². The first-order valence-corrected chi connectivity index (χ1v) is 8.19. The Labute approximate surface area is 148 Å². The molecule has 0 saturated carbocycles. The molecule has 0 aliphatic rings. The van der Waals surface area contributed by atoms with E-state index in [1.165, 1.54) is 0 Å². The third kappa shape index (κ3) is 4.63. The van der Waals surface area contributed by atoms with E-state index in [-0.39, 0.29) is 11.7 Å². The average Bonchev–Trinajstić information content (AvgIpc) is 2.54. The Morgan fingerprint density at radius 1 is 1.08 bits per heavy atom. The van der Waals surface area contributed by atoms with E-state index >= 15 is 0 Å². The zero-order valence-electron chi connectivity index (χ0n) is 15.3. The Morgan fingerprint density at radius 3 is 2.40 bits per heavy atom. The number of carboxylic acids is 1. The molecule has 132 valence electrons. The van der Waals surface area contributed by atoms with Gasteiger partial charge in [0.25, 0.3) is 0 Å². The summed E-state index contributed by atoms with van der Waals surface area (Å²) in [4.78, 5) is 11.8. The maximum atomic E-state index is 11.8. The quantitative estimate of drug-likeness (QED) is 0.610. The number of aryl methyl sites for hydroxylation is 2. The molecule has 0 fully saturated rings. The van der Waals surface area contributed by atoms with Crippen LogP contribution < -0.4 is 9.47 Å². The fourth-order valence-corrected chi connectivity index (χ4v) is 2.58. The third-order valence-electron chi connectivity index (χ3n) is 3.78. The van der Waals surface area contributed by atoms with Crippen molar-refractivity contribution >= 4 is 17.6 Å².